The lowest BCUT2D eigenvalue weighted by Crippen LogP contribution is -2.56. The lowest BCUT2D eigenvalue weighted by molar-refractivity contribution is -0.143. The Morgan fingerprint density at radius 1 is 0.895 bits per heavy atom. The molecule has 19 heavy (non-hydrogen) atoms. The molecule has 108 valence electrons. The van der Waals surface area contributed by atoms with E-state index in [2.05, 4.69) is 0 Å². The van der Waals surface area contributed by atoms with Gasteiger partial charge in [0.15, 0.2) is 0 Å². The van der Waals surface area contributed by atoms with E-state index in [0.29, 0.717) is 13.1 Å². The Kier molecular flexibility index (Phi) is 5.51. The van der Waals surface area contributed by atoms with E-state index in [9.17, 15) is 14.4 Å². The molecule has 0 bridgehead atoms. The fraction of sp³-hybridized carbons (Fsp3) is 0.786. The fourth-order valence-corrected chi connectivity index (χ4v) is 1.92. The van der Waals surface area contributed by atoms with Crippen LogP contribution in [-0.2, 0) is 9.59 Å². The predicted octanol–water partition coefficient (Wildman–Crippen LogP) is 2.26. The molecule has 2 atom stereocenters. The Bertz CT molecular complexity index is 336. The summed E-state index contributed by atoms with van der Waals surface area (Å²) in [4.78, 5) is 38.4. The Balaban J connectivity index is 2.80. The van der Waals surface area contributed by atoms with Gasteiger partial charge in [0.25, 0.3) is 0 Å². The Labute approximate surface area is 114 Å². The van der Waals surface area contributed by atoms with Gasteiger partial charge in [-0.05, 0) is 11.8 Å². The van der Waals surface area contributed by atoms with E-state index in [4.69, 9.17) is 0 Å². The number of carbonyl (C=O) groups excluding carboxylic acids is 3. The SMILES string of the molecule is CCC(C)CN1C(=O)CC(=O)N(CC(C)CC)C1=O. The second kappa shape index (κ2) is 6.68. The summed E-state index contributed by atoms with van der Waals surface area (Å²) in [6.45, 7) is 8.83. The first-order chi connectivity index (χ1) is 8.90. The van der Waals surface area contributed by atoms with Crippen LogP contribution >= 0.6 is 0 Å². The van der Waals surface area contributed by atoms with Crippen LogP contribution in [0.4, 0.5) is 4.79 Å². The van der Waals surface area contributed by atoms with Gasteiger partial charge in [0.2, 0.25) is 11.8 Å². The molecule has 5 heteroatoms. The summed E-state index contributed by atoms with van der Waals surface area (Å²) in [6.07, 6.45) is 1.62. The maximum absolute atomic E-state index is 12.3. The molecule has 1 aliphatic rings. The molecule has 0 radical (unpaired) electrons. The first-order valence-corrected chi connectivity index (χ1v) is 7.05. The zero-order chi connectivity index (χ0) is 14.6. The summed E-state index contributed by atoms with van der Waals surface area (Å²) in [7, 11) is 0. The number of rotatable bonds is 6. The zero-order valence-corrected chi connectivity index (χ0v) is 12.3. The van der Waals surface area contributed by atoms with Crippen molar-refractivity contribution in [3.05, 3.63) is 0 Å². The van der Waals surface area contributed by atoms with E-state index in [-0.39, 0.29) is 30.1 Å². The van der Waals surface area contributed by atoms with Crippen molar-refractivity contribution in [3.8, 4) is 0 Å². The summed E-state index contributed by atoms with van der Waals surface area (Å²) in [6, 6.07) is -0.443. The standard InChI is InChI=1S/C14H24N2O3/c1-5-10(3)8-15-12(17)7-13(18)16(14(15)19)9-11(4)6-2/h10-11H,5-9H2,1-4H3. The van der Waals surface area contributed by atoms with Crippen molar-refractivity contribution in [1.82, 2.24) is 9.80 Å². The van der Waals surface area contributed by atoms with E-state index in [1.165, 1.54) is 9.80 Å². The number of carbonyl (C=O) groups is 3. The van der Waals surface area contributed by atoms with Gasteiger partial charge in [-0.2, -0.15) is 0 Å². The normalized spacial score (nSPS) is 19.9. The van der Waals surface area contributed by atoms with Crippen molar-refractivity contribution < 1.29 is 14.4 Å². The third-order valence-corrected chi connectivity index (χ3v) is 3.75. The maximum Gasteiger partial charge on any atom is 0.333 e. The molecule has 0 saturated carbocycles. The highest BCUT2D eigenvalue weighted by Gasteiger charge is 2.38. The van der Waals surface area contributed by atoms with Gasteiger partial charge < -0.3 is 0 Å². The van der Waals surface area contributed by atoms with Gasteiger partial charge in [0, 0.05) is 13.1 Å². The topological polar surface area (TPSA) is 57.7 Å². The van der Waals surface area contributed by atoms with Crippen LogP contribution in [0.3, 0.4) is 0 Å². The van der Waals surface area contributed by atoms with Crippen LogP contribution in [0.5, 0.6) is 0 Å². The molecule has 0 spiro atoms. The number of barbiturate groups is 1. The van der Waals surface area contributed by atoms with E-state index >= 15 is 0 Å². The molecule has 1 saturated heterocycles. The number of hydrogen-bond donors (Lipinski definition) is 0. The third kappa shape index (κ3) is 3.78. The molecule has 1 heterocycles. The molecule has 5 nitrogen and oxygen atoms in total. The van der Waals surface area contributed by atoms with Crippen LogP contribution in [-0.4, -0.2) is 40.7 Å². The van der Waals surface area contributed by atoms with Crippen LogP contribution in [0.2, 0.25) is 0 Å². The Hall–Kier alpha value is -1.39. The minimum atomic E-state index is -0.443. The molecular formula is C14H24N2O3. The second-order valence-corrected chi connectivity index (χ2v) is 5.49. The summed E-state index contributed by atoms with van der Waals surface area (Å²) in [5, 5.41) is 0. The monoisotopic (exact) mass is 268 g/mol. The van der Waals surface area contributed by atoms with Crippen molar-refractivity contribution in [3.63, 3.8) is 0 Å². The lowest BCUT2D eigenvalue weighted by atomic mass is 10.1. The minimum absolute atomic E-state index is 0.182. The van der Waals surface area contributed by atoms with Gasteiger partial charge in [0.05, 0.1) is 0 Å². The average molecular weight is 268 g/mol. The predicted molar refractivity (Wildman–Crippen MR) is 72.3 cm³/mol. The molecule has 0 N–H and O–H groups in total. The quantitative estimate of drug-likeness (QED) is 0.694. The summed E-state index contributed by atoms with van der Waals surface area (Å²) >= 11 is 0. The van der Waals surface area contributed by atoms with Crippen LogP contribution in [0, 0.1) is 11.8 Å². The molecule has 0 aromatic carbocycles. The number of hydrogen-bond acceptors (Lipinski definition) is 3. The van der Waals surface area contributed by atoms with E-state index in [0.717, 1.165) is 12.8 Å². The van der Waals surface area contributed by atoms with Gasteiger partial charge in [-0.15, -0.1) is 0 Å². The first-order valence-electron chi connectivity index (χ1n) is 7.05. The molecule has 1 fully saturated rings. The van der Waals surface area contributed by atoms with Crippen molar-refractivity contribution in [2.75, 3.05) is 13.1 Å². The van der Waals surface area contributed by atoms with E-state index in [1.54, 1.807) is 0 Å². The average Bonchev–Trinajstić information content (AvgIpc) is 2.38. The highest BCUT2D eigenvalue weighted by Crippen LogP contribution is 2.17. The molecular weight excluding hydrogens is 244 g/mol. The molecule has 0 aromatic heterocycles. The summed E-state index contributed by atoms with van der Waals surface area (Å²) < 4.78 is 0. The second-order valence-electron chi connectivity index (χ2n) is 5.49. The first kappa shape index (κ1) is 15.7. The number of imide groups is 2. The third-order valence-electron chi connectivity index (χ3n) is 3.75. The van der Waals surface area contributed by atoms with Crippen LogP contribution < -0.4 is 0 Å². The van der Waals surface area contributed by atoms with Crippen LogP contribution in [0.15, 0.2) is 0 Å². The summed E-state index contributed by atoms with van der Waals surface area (Å²) in [5.41, 5.74) is 0. The smallest absolute Gasteiger partial charge is 0.274 e. The highest BCUT2D eigenvalue weighted by molar-refractivity contribution is 6.14. The number of urea groups is 1. The minimum Gasteiger partial charge on any atom is -0.274 e. The van der Waals surface area contributed by atoms with Crippen molar-refractivity contribution in [1.29, 1.82) is 0 Å². The number of nitrogens with zero attached hydrogens (tertiary/aromatic N) is 2. The highest BCUT2D eigenvalue weighted by atomic mass is 16.2. The largest absolute Gasteiger partial charge is 0.333 e. The summed E-state index contributed by atoms with van der Waals surface area (Å²) in [5.74, 6) is -0.218. The van der Waals surface area contributed by atoms with Crippen LogP contribution in [0.25, 0.3) is 0 Å². The molecule has 2 unspecified atom stereocenters. The molecule has 4 amide bonds. The van der Waals surface area contributed by atoms with Gasteiger partial charge in [-0.25, -0.2) is 4.79 Å². The van der Waals surface area contributed by atoms with Gasteiger partial charge in [-0.1, -0.05) is 40.5 Å². The van der Waals surface area contributed by atoms with Crippen molar-refractivity contribution in [2.45, 2.75) is 47.0 Å². The molecule has 0 aromatic rings. The maximum atomic E-state index is 12.3. The molecule has 1 rings (SSSR count). The van der Waals surface area contributed by atoms with E-state index in [1.807, 2.05) is 27.7 Å². The Morgan fingerprint density at radius 3 is 1.58 bits per heavy atom. The fourth-order valence-electron chi connectivity index (χ4n) is 1.92. The van der Waals surface area contributed by atoms with Crippen molar-refractivity contribution in [2.24, 2.45) is 11.8 Å². The number of amides is 4. The molecule has 1 aliphatic heterocycles. The van der Waals surface area contributed by atoms with Gasteiger partial charge in [-0.3, -0.25) is 19.4 Å². The van der Waals surface area contributed by atoms with Crippen molar-refractivity contribution >= 4 is 17.8 Å². The van der Waals surface area contributed by atoms with Gasteiger partial charge in [0.1, 0.15) is 6.42 Å². The lowest BCUT2D eigenvalue weighted by Gasteiger charge is -2.35. The Morgan fingerprint density at radius 2 is 1.26 bits per heavy atom. The van der Waals surface area contributed by atoms with Gasteiger partial charge >= 0.3 is 6.03 Å². The van der Waals surface area contributed by atoms with Crippen LogP contribution in [0.1, 0.15) is 47.0 Å². The molecule has 0 aliphatic carbocycles. The zero-order valence-electron chi connectivity index (χ0n) is 12.3. The van der Waals surface area contributed by atoms with E-state index < -0.39 is 6.03 Å².